The molecule has 0 saturated heterocycles. The van der Waals surface area contributed by atoms with E-state index in [4.69, 9.17) is 0 Å². The summed E-state index contributed by atoms with van der Waals surface area (Å²) in [6, 6.07) is 11.1. The Morgan fingerprint density at radius 1 is 1.26 bits per heavy atom. The number of thioether (sulfide) groups is 1. The Morgan fingerprint density at radius 3 is 2.91 bits per heavy atom. The Morgan fingerprint density at radius 2 is 2.09 bits per heavy atom. The van der Waals surface area contributed by atoms with E-state index in [1.54, 1.807) is 10.8 Å². The molecule has 0 atom stereocenters. The zero-order valence-corrected chi connectivity index (χ0v) is 13.6. The maximum Gasteiger partial charge on any atom is 0.257 e. The quantitative estimate of drug-likeness (QED) is 0.576. The lowest BCUT2D eigenvalue weighted by Crippen LogP contribution is -2.21. The number of hydrogen-bond donors (Lipinski definition) is 1. The number of fused-ring (bicyclic) bond motifs is 1. The first-order chi connectivity index (χ1) is 11.2. The van der Waals surface area contributed by atoms with Crippen molar-refractivity contribution < 1.29 is 5.11 Å². The van der Waals surface area contributed by atoms with E-state index in [2.05, 4.69) is 9.97 Å². The average Bonchev–Trinajstić information content (AvgIpc) is 2.55. The maximum atomic E-state index is 12.0. The minimum Gasteiger partial charge on any atom is -0.493 e. The van der Waals surface area contributed by atoms with Gasteiger partial charge in [-0.2, -0.15) is 4.98 Å². The Hall–Kier alpha value is -2.34. The van der Waals surface area contributed by atoms with Crippen LogP contribution in [0.3, 0.4) is 0 Å². The molecule has 0 saturated carbocycles. The molecule has 1 N–H and O–H groups in total. The summed E-state index contributed by atoms with van der Waals surface area (Å²) in [4.78, 5) is 20.6. The van der Waals surface area contributed by atoms with Crippen LogP contribution in [-0.2, 0) is 12.3 Å². The summed E-state index contributed by atoms with van der Waals surface area (Å²) in [5.74, 6) is 0.398. The first kappa shape index (κ1) is 15.6. The fourth-order valence-electron chi connectivity index (χ4n) is 2.44. The van der Waals surface area contributed by atoms with Gasteiger partial charge in [0.1, 0.15) is 0 Å². The van der Waals surface area contributed by atoms with Crippen LogP contribution in [0.2, 0.25) is 0 Å². The van der Waals surface area contributed by atoms with Crippen molar-refractivity contribution in [1.29, 1.82) is 0 Å². The van der Waals surface area contributed by atoms with Gasteiger partial charge in [0, 0.05) is 23.9 Å². The van der Waals surface area contributed by atoms with Gasteiger partial charge < -0.3 is 5.11 Å². The summed E-state index contributed by atoms with van der Waals surface area (Å²) >= 11 is 1.44. The molecule has 0 unspecified atom stereocenters. The van der Waals surface area contributed by atoms with E-state index in [1.807, 2.05) is 37.3 Å². The normalized spacial score (nSPS) is 11.0. The highest BCUT2D eigenvalue weighted by molar-refractivity contribution is 7.98. The van der Waals surface area contributed by atoms with Crippen molar-refractivity contribution in [3.8, 4) is 5.88 Å². The van der Waals surface area contributed by atoms with E-state index in [9.17, 15) is 9.90 Å². The zero-order chi connectivity index (χ0) is 16.2. The van der Waals surface area contributed by atoms with Crippen molar-refractivity contribution in [1.82, 2.24) is 14.5 Å². The van der Waals surface area contributed by atoms with E-state index >= 15 is 0 Å². The van der Waals surface area contributed by atoms with Crippen molar-refractivity contribution in [3.05, 3.63) is 58.5 Å². The van der Waals surface area contributed by atoms with Crippen LogP contribution in [0, 0.1) is 0 Å². The topological polar surface area (TPSA) is 68.0 Å². The summed E-state index contributed by atoms with van der Waals surface area (Å²) in [5, 5.41) is 11.2. The highest BCUT2D eigenvalue weighted by Crippen LogP contribution is 2.25. The summed E-state index contributed by atoms with van der Waals surface area (Å²) < 4.78 is 1.60. The lowest BCUT2D eigenvalue weighted by atomic mass is 10.1. The number of rotatable bonds is 5. The molecule has 0 spiro atoms. The van der Waals surface area contributed by atoms with Crippen molar-refractivity contribution in [2.75, 3.05) is 0 Å². The van der Waals surface area contributed by atoms with Gasteiger partial charge in [-0.1, -0.05) is 43.0 Å². The molecule has 3 rings (SSSR count). The molecule has 0 amide bonds. The molecule has 0 radical (unpaired) electrons. The fraction of sp³-hybridized carbons (Fsp3) is 0.235. The third-order valence-corrected chi connectivity index (χ3v) is 4.51. The van der Waals surface area contributed by atoms with Gasteiger partial charge in [0.25, 0.3) is 5.56 Å². The van der Waals surface area contributed by atoms with Crippen LogP contribution in [-0.4, -0.2) is 19.6 Å². The SMILES string of the molecule is CCCn1c(SCc2cccc3cccnc23)nc(O)cc1=O. The second kappa shape index (κ2) is 6.83. The number of aromatic nitrogens is 3. The van der Waals surface area contributed by atoms with Crippen LogP contribution in [0.15, 0.2) is 52.5 Å². The highest BCUT2D eigenvalue weighted by atomic mass is 32.2. The van der Waals surface area contributed by atoms with Crippen molar-refractivity contribution in [2.45, 2.75) is 30.8 Å². The zero-order valence-electron chi connectivity index (χ0n) is 12.8. The first-order valence-corrected chi connectivity index (χ1v) is 8.44. The van der Waals surface area contributed by atoms with Crippen molar-refractivity contribution >= 4 is 22.7 Å². The second-order valence-electron chi connectivity index (χ2n) is 5.17. The van der Waals surface area contributed by atoms with Gasteiger partial charge >= 0.3 is 0 Å². The van der Waals surface area contributed by atoms with Gasteiger partial charge in [-0.3, -0.25) is 14.3 Å². The van der Waals surface area contributed by atoms with Gasteiger partial charge in [-0.15, -0.1) is 0 Å². The van der Waals surface area contributed by atoms with Crippen LogP contribution in [0.1, 0.15) is 18.9 Å². The lowest BCUT2D eigenvalue weighted by Gasteiger charge is -2.11. The van der Waals surface area contributed by atoms with Crippen LogP contribution < -0.4 is 5.56 Å². The number of pyridine rings is 1. The Labute approximate surface area is 138 Å². The molecule has 0 aliphatic carbocycles. The summed E-state index contributed by atoms with van der Waals surface area (Å²) in [6.07, 6.45) is 2.60. The summed E-state index contributed by atoms with van der Waals surface area (Å²) in [7, 11) is 0. The Balaban J connectivity index is 1.92. The monoisotopic (exact) mass is 327 g/mol. The van der Waals surface area contributed by atoms with Gasteiger partial charge in [0.2, 0.25) is 5.88 Å². The summed E-state index contributed by atoms with van der Waals surface area (Å²) in [5.41, 5.74) is 1.80. The average molecular weight is 327 g/mol. The van der Waals surface area contributed by atoms with Crippen LogP contribution in [0.5, 0.6) is 5.88 Å². The minimum atomic E-state index is -0.235. The van der Waals surface area contributed by atoms with E-state index in [1.165, 1.54) is 11.8 Å². The number of aromatic hydroxyl groups is 1. The molecule has 0 aliphatic rings. The van der Waals surface area contributed by atoms with Crippen LogP contribution >= 0.6 is 11.8 Å². The van der Waals surface area contributed by atoms with Crippen LogP contribution in [0.4, 0.5) is 0 Å². The third kappa shape index (κ3) is 3.37. The third-order valence-electron chi connectivity index (χ3n) is 3.48. The molecule has 0 fully saturated rings. The molecule has 0 aliphatic heterocycles. The van der Waals surface area contributed by atoms with E-state index < -0.39 is 0 Å². The molecule has 118 valence electrons. The predicted molar refractivity (Wildman–Crippen MR) is 91.8 cm³/mol. The molecule has 2 aromatic heterocycles. The van der Waals surface area contributed by atoms with Crippen molar-refractivity contribution in [3.63, 3.8) is 0 Å². The summed E-state index contributed by atoms with van der Waals surface area (Å²) in [6.45, 7) is 2.59. The van der Waals surface area contributed by atoms with Gasteiger partial charge in [-0.25, -0.2) is 0 Å². The largest absolute Gasteiger partial charge is 0.493 e. The van der Waals surface area contributed by atoms with E-state index in [0.29, 0.717) is 17.5 Å². The molecule has 2 heterocycles. The molecule has 6 heteroatoms. The highest BCUT2D eigenvalue weighted by Gasteiger charge is 2.10. The maximum absolute atomic E-state index is 12.0. The lowest BCUT2D eigenvalue weighted by molar-refractivity contribution is 0.431. The molecule has 3 aromatic rings. The smallest absolute Gasteiger partial charge is 0.257 e. The number of benzene rings is 1. The number of nitrogens with zero attached hydrogens (tertiary/aromatic N) is 3. The molecular formula is C17H17N3O2S. The van der Waals surface area contributed by atoms with Crippen molar-refractivity contribution in [2.24, 2.45) is 0 Å². The second-order valence-corrected chi connectivity index (χ2v) is 6.11. The van der Waals surface area contributed by atoms with E-state index in [-0.39, 0.29) is 11.4 Å². The molecule has 23 heavy (non-hydrogen) atoms. The van der Waals surface area contributed by atoms with Gasteiger partial charge in [-0.05, 0) is 18.1 Å². The van der Waals surface area contributed by atoms with Gasteiger partial charge in [0.15, 0.2) is 5.16 Å². The minimum absolute atomic E-state index is 0.224. The van der Waals surface area contributed by atoms with Crippen LogP contribution in [0.25, 0.3) is 10.9 Å². The Bertz CT molecular complexity index is 887. The number of para-hydroxylation sites is 1. The Kier molecular flexibility index (Phi) is 4.62. The van der Waals surface area contributed by atoms with E-state index in [0.717, 1.165) is 29.0 Å². The molecule has 5 nitrogen and oxygen atoms in total. The molecule has 1 aromatic carbocycles. The van der Waals surface area contributed by atoms with Gasteiger partial charge in [0.05, 0.1) is 11.6 Å². The molecule has 0 bridgehead atoms. The number of hydrogen-bond acceptors (Lipinski definition) is 5. The first-order valence-electron chi connectivity index (χ1n) is 7.45. The standard InChI is InChI=1S/C17H17N3O2S/c1-2-9-20-15(22)10-14(21)19-17(20)23-11-13-6-3-5-12-7-4-8-18-16(12)13/h3-8,10,21H,2,9,11H2,1H3. The fourth-order valence-corrected chi connectivity index (χ4v) is 3.45. The molecular weight excluding hydrogens is 310 g/mol. The predicted octanol–water partition coefficient (Wildman–Crippen LogP) is 3.20.